The van der Waals surface area contributed by atoms with E-state index in [0.29, 0.717) is 0 Å². The molecule has 0 amide bonds. The van der Waals surface area contributed by atoms with Gasteiger partial charge in [-0.25, -0.2) is 0 Å². The summed E-state index contributed by atoms with van der Waals surface area (Å²) in [6, 6.07) is 45.2. The van der Waals surface area contributed by atoms with E-state index in [1.807, 2.05) is 0 Å². The first kappa shape index (κ1) is 29.6. The molecule has 0 atom stereocenters. The normalized spacial score (nSPS) is 11.7. The Labute approximate surface area is 273 Å². The van der Waals surface area contributed by atoms with Crippen LogP contribution in [-0.2, 0) is 0 Å². The molecule has 0 aromatic heterocycles. The molecule has 0 radical (unpaired) electrons. The van der Waals surface area contributed by atoms with Crippen LogP contribution >= 0.6 is 0 Å². The van der Waals surface area contributed by atoms with Crippen molar-refractivity contribution in [3.63, 3.8) is 0 Å². The molecule has 0 N–H and O–H groups in total. The van der Waals surface area contributed by atoms with Crippen LogP contribution in [0.2, 0.25) is 0 Å². The lowest BCUT2D eigenvalue weighted by atomic mass is 9.84. The molecule has 0 aliphatic carbocycles. The van der Waals surface area contributed by atoms with Crippen LogP contribution in [0.25, 0.3) is 66.7 Å². The largest absolute Gasteiger partial charge is 0.372 e. The molecule has 0 heterocycles. The van der Waals surface area contributed by atoms with Crippen LogP contribution in [0.1, 0.15) is 38.8 Å². The Morgan fingerprint density at radius 1 is 0.457 bits per heavy atom. The van der Waals surface area contributed by atoms with Gasteiger partial charge >= 0.3 is 0 Å². The fourth-order valence-electron chi connectivity index (χ4n) is 7.19. The quantitative estimate of drug-likeness (QED) is 0.114. The number of hydrogen-bond donors (Lipinski definition) is 0. The molecule has 2 heteroatoms. The standard InChI is InChI=1S/C44H42N2/c1-5-45(6-2)36-24-18-31(19-25-36)17-20-35-29-40(32-13-10-9-11-14-32)39-28-23-34-15-12-16-38-41(30-42(35)44(39)43(34)38)33-21-26-37(27-22-33)46(7-3)8-4/h9-30H,5-8H2,1-4H3. The van der Waals surface area contributed by atoms with Crippen molar-refractivity contribution in [3.05, 3.63) is 132 Å². The van der Waals surface area contributed by atoms with Crippen LogP contribution < -0.4 is 9.80 Å². The van der Waals surface area contributed by atoms with Gasteiger partial charge in [-0.1, -0.05) is 97.1 Å². The second-order valence-electron chi connectivity index (χ2n) is 12.1. The van der Waals surface area contributed by atoms with E-state index in [1.54, 1.807) is 0 Å². The minimum absolute atomic E-state index is 1.00. The number of benzene rings is 7. The highest BCUT2D eigenvalue weighted by atomic mass is 15.1. The molecule has 0 saturated carbocycles. The maximum Gasteiger partial charge on any atom is 0.0366 e. The molecule has 7 aromatic rings. The smallest absolute Gasteiger partial charge is 0.0366 e. The van der Waals surface area contributed by atoms with Crippen molar-refractivity contribution >= 4 is 55.8 Å². The third kappa shape index (κ3) is 5.28. The average Bonchev–Trinajstić information content (AvgIpc) is 3.12. The molecule has 0 bridgehead atoms. The Morgan fingerprint density at radius 3 is 1.70 bits per heavy atom. The van der Waals surface area contributed by atoms with Gasteiger partial charge in [0.15, 0.2) is 0 Å². The van der Waals surface area contributed by atoms with Crippen molar-refractivity contribution < 1.29 is 0 Å². The Bertz CT molecular complexity index is 2120. The summed E-state index contributed by atoms with van der Waals surface area (Å²) in [6.07, 6.45) is 4.59. The van der Waals surface area contributed by atoms with Crippen LogP contribution in [0.4, 0.5) is 11.4 Å². The van der Waals surface area contributed by atoms with E-state index < -0.39 is 0 Å². The van der Waals surface area contributed by atoms with Gasteiger partial charge in [0, 0.05) is 37.6 Å². The lowest BCUT2D eigenvalue weighted by molar-refractivity contribution is 0.866. The molecule has 0 spiro atoms. The Kier molecular flexibility index (Phi) is 8.20. The zero-order valence-electron chi connectivity index (χ0n) is 27.4. The van der Waals surface area contributed by atoms with E-state index in [0.717, 1.165) is 26.2 Å². The average molecular weight is 599 g/mol. The van der Waals surface area contributed by atoms with Gasteiger partial charge in [0.25, 0.3) is 0 Å². The second-order valence-corrected chi connectivity index (χ2v) is 12.1. The van der Waals surface area contributed by atoms with Crippen LogP contribution in [0.15, 0.2) is 121 Å². The fraction of sp³-hybridized carbons (Fsp3) is 0.182. The van der Waals surface area contributed by atoms with E-state index in [-0.39, 0.29) is 0 Å². The zero-order chi connectivity index (χ0) is 31.6. The first-order chi connectivity index (χ1) is 22.6. The van der Waals surface area contributed by atoms with Gasteiger partial charge in [-0.05, 0) is 130 Å². The SMILES string of the molecule is CCN(CC)c1ccc(C=Cc2cc(-c3ccccc3)c3ccc4cccc5c(-c6ccc(N(CC)CC)cc6)cc2c3c45)cc1. The summed E-state index contributed by atoms with van der Waals surface area (Å²) in [6.45, 7) is 12.9. The van der Waals surface area contributed by atoms with Crippen molar-refractivity contribution in [2.45, 2.75) is 27.7 Å². The van der Waals surface area contributed by atoms with Gasteiger partial charge in [0.05, 0.1) is 0 Å². The summed E-state index contributed by atoms with van der Waals surface area (Å²) in [7, 11) is 0. The third-order valence-electron chi connectivity index (χ3n) is 9.66. The van der Waals surface area contributed by atoms with Gasteiger partial charge in [0.1, 0.15) is 0 Å². The molecule has 7 aromatic carbocycles. The molecule has 0 fully saturated rings. The maximum atomic E-state index is 2.44. The van der Waals surface area contributed by atoms with Crippen LogP contribution in [-0.4, -0.2) is 26.2 Å². The van der Waals surface area contributed by atoms with Gasteiger partial charge in [-0.15, -0.1) is 0 Å². The first-order valence-electron chi connectivity index (χ1n) is 16.8. The van der Waals surface area contributed by atoms with Gasteiger partial charge in [0.2, 0.25) is 0 Å². The number of nitrogens with zero attached hydrogens (tertiary/aromatic N) is 2. The summed E-state index contributed by atoms with van der Waals surface area (Å²) in [5, 5.41) is 7.86. The first-order valence-corrected chi connectivity index (χ1v) is 16.8. The zero-order valence-corrected chi connectivity index (χ0v) is 27.4. The lowest BCUT2D eigenvalue weighted by Crippen LogP contribution is -2.21. The van der Waals surface area contributed by atoms with Gasteiger partial charge in [-0.2, -0.15) is 0 Å². The second kappa shape index (κ2) is 12.7. The predicted octanol–water partition coefficient (Wildman–Crippen LogP) is 11.8. The molecule has 0 unspecified atom stereocenters. The summed E-state index contributed by atoms with van der Waals surface area (Å²) in [5.74, 6) is 0. The predicted molar refractivity (Wildman–Crippen MR) is 204 cm³/mol. The monoisotopic (exact) mass is 598 g/mol. The molecular formula is C44H42N2. The van der Waals surface area contributed by atoms with Crippen molar-refractivity contribution in [2.75, 3.05) is 36.0 Å². The Balaban J connectivity index is 1.46. The molecule has 0 aliphatic heterocycles. The van der Waals surface area contributed by atoms with Crippen molar-refractivity contribution in [1.82, 2.24) is 0 Å². The van der Waals surface area contributed by atoms with Crippen LogP contribution in [0, 0.1) is 0 Å². The Morgan fingerprint density at radius 2 is 1.04 bits per heavy atom. The molecular weight excluding hydrogens is 556 g/mol. The molecule has 7 rings (SSSR count). The minimum Gasteiger partial charge on any atom is -0.372 e. The van der Waals surface area contributed by atoms with Gasteiger partial charge < -0.3 is 9.80 Å². The molecule has 228 valence electrons. The number of anilines is 2. The summed E-state index contributed by atoms with van der Waals surface area (Å²) < 4.78 is 0. The third-order valence-corrected chi connectivity index (χ3v) is 9.66. The lowest BCUT2D eigenvalue weighted by Gasteiger charge is -2.22. The van der Waals surface area contributed by atoms with E-state index in [2.05, 4.69) is 171 Å². The number of rotatable bonds is 10. The summed E-state index contributed by atoms with van der Waals surface area (Å²) in [5.41, 5.74) is 10.0. The molecule has 0 saturated heterocycles. The Hall–Kier alpha value is -5.08. The minimum atomic E-state index is 1.00. The van der Waals surface area contributed by atoms with E-state index >= 15 is 0 Å². The van der Waals surface area contributed by atoms with Crippen molar-refractivity contribution in [2.24, 2.45) is 0 Å². The van der Waals surface area contributed by atoms with E-state index in [4.69, 9.17) is 0 Å². The summed E-state index contributed by atoms with van der Waals surface area (Å²) >= 11 is 0. The van der Waals surface area contributed by atoms with E-state index in [9.17, 15) is 0 Å². The van der Waals surface area contributed by atoms with Crippen LogP contribution in [0.5, 0.6) is 0 Å². The van der Waals surface area contributed by atoms with E-state index in [1.165, 1.54) is 77.1 Å². The maximum absolute atomic E-state index is 2.44. The topological polar surface area (TPSA) is 6.48 Å². The highest BCUT2D eigenvalue weighted by Crippen LogP contribution is 2.45. The molecule has 2 nitrogen and oxygen atoms in total. The fourth-order valence-corrected chi connectivity index (χ4v) is 7.19. The van der Waals surface area contributed by atoms with Crippen LogP contribution in [0.3, 0.4) is 0 Å². The highest BCUT2D eigenvalue weighted by Gasteiger charge is 2.18. The van der Waals surface area contributed by atoms with Crippen molar-refractivity contribution in [3.8, 4) is 22.3 Å². The molecule has 46 heavy (non-hydrogen) atoms. The highest BCUT2D eigenvalue weighted by molar-refractivity contribution is 6.29. The van der Waals surface area contributed by atoms with Gasteiger partial charge in [-0.3, -0.25) is 0 Å². The summed E-state index contributed by atoms with van der Waals surface area (Å²) in [4.78, 5) is 4.79. The number of hydrogen-bond acceptors (Lipinski definition) is 2. The molecule has 0 aliphatic rings. The van der Waals surface area contributed by atoms with Crippen molar-refractivity contribution in [1.29, 1.82) is 0 Å².